The molecule has 7 nitrogen and oxygen atoms in total. The molecule has 25 heavy (non-hydrogen) atoms. The van der Waals surface area contributed by atoms with E-state index in [4.69, 9.17) is 14.2 Å². The molecule has 0 fully saturated rings. The highest BCUT2D eigenvalue weighted by atomic mass is 16.5. The van der Waals surface area contributed by atoms with E-state index in [0.29, 0.717) is 28.4 Å². The Morgan fingerprint density at radius 1 is 1.00 bits per heavy atom. The van der Waals surface area contributed by atoms with Crippen LogP contribution in [0.1, 0.15) is 27.2 Å². The molecule has 2 rings (SSSR count). The van der Waals surface area contributed by atoms with Crippen LogP contribution in [-0.4, -0.2) is 32.2 Å². The lowest BCUT2D eigenvalue weighted by Crippen LogP contribution is -2.28. The number of H-pyrrole nitrogens is 1. The van der Waals surface area contributed by atoms with E-state index in [0.717, 1.165) is 11.3 Å². The predicted molar refractivity (Wildman–Crippen MR) is 93.8 cm³/mol. The van der Waals surface area contributed by atoms with Crippen molar-refractivity contribution in [1.82, 2.24) is 10.3 Å². The second-order valence-electron chi connectivity index (χ2n) is 5.53. The van der Waals surface area contributed by atoms with Crippen LogP contribution in [0.15, 0.2) is 23.0 Å². The van der Waals surface area contributed by atoms with E-state index >= 15 is 0 Å². The molecule has 7 heteroatoms. The van der Waals surface area contributed by atoms with Crippen molar-refractivity contribution in [1.29, 1.82) is 0 Å². The predicted octanol–water partition coefficient (Wildman–Crippen LogP) is 1.95. The summed E-state index contributed by atoms with van der Waals surface area (Å²) < 4.78 is 15.7. The number of aromatic amines is 1. The maximum atomic E-state index is 12.6. The van der Waals surface area contributed by atoms with Crippen LogP contribution in [0.2, 0.25) is 0 Å². The first kappa shape index (κ1) is 18.4. The van der Waals surface area contributed by atoms with Gasteiger partial charge in [0.25, 0.3) is 11.5 Å². The molecule has 1 aromatic heterocycles. The van der Waals surface area contributed by atoms with Crippen molar-refractivity contribution >= 4 is 5.91 Å². The summed E-state index contributed by atoms with van der Waals surface area (Å²) in [5.41, 5.74) is 2.19. The van der Waals surface area contributed by atoms with Crippen molar-refractivity contribution in [3.63, 3.8) is 0 Å². The van der Waals surface area contributed by atoms with Gasteiger partial charge in [0.05, 0.1) is 26.9 Å². The van der Waals surface area contributed by atoms with E-state index in [1.54, 1.807) is 12.1 Å². The van der Waals surface area contributed by atoms with Crippen LogP contribution in [0.25, 0.3) is 0 Å². The number of methoxy groups -OCH3 is 3. The number of pyridine rings is 1. The lowest BCUT2D eigenvalue weighted by atomic mass is 10.1. The van der Waals surface area contributed by atoms with Gasteiger partial charge in [-0.1, -0.05) is 0 Å². The Hall–Kier alpha value is -2.96. The molecule has 0 radical (unpaired) electrons. The van der Waals surface area contributed by atoms with Gasteiger partial charge in [0, 0.05) is 29.9 Å². The molecule has 0 saturated carbocycles. The Balaban J connectivity index is 2.28. The zero-order valence-electron chi connectivity index (χ0n) is 15.0. The Morgan fingerprint density at radius 3 is 2.16 bits per heavy atom. The first-order chi connectivity index (χ1) is 11.9. The van der Waals surface area contributed by atoms with Crippen molar-refractivity contribution in [2.45, 2.75) is 20.4 Å². The summed E-state index contributed by atoms with van der Waals surface area (Å²) in [5.74, 6) is 0.849. The molecule has 2 N–H and O–H groups in total. The molecule has 0 aliphatic carbocycles. The topological polar surface area (TPSA) is 89.7 Å². The van der Waals surface area contributed by atoms with Gasteiger partial charge in [-0.05, 0) is 25.5 Å². The fourth-order valence-electron chi connectivity index (χ4n) is 2.57. The van der Waals surface area contributed by atoms with Crippen LogP contribution in [0.3, 0.4) is 0 Å². The number of ether oxygens (including phenoxy) is 3. The number of aryl methyl sites for hydroxylation is 2. The molecule has 0 spiro atoms. The van der Waals surface area contributed by atoms with E-state index in [-0.39, 0.29) is 18.0 Å². The van der Waals surface area contributed by atoms with Gasteiger partial charge < -0.3 is 24.5 Å². The Labute approximate surface area is 145 Å². The first-order valence-electron chi connectivity index (χ1n) is 7.68. The lowest BCUT2D eigenvalue weighted by molar-refractivity contribution is 0.0947. The number of hydrogen-bond donors (Lipinski definition) is 2. The third kappa shape index (κ3) is 3.93. The molecular formula is C18H22N2O5. The van der Waals surface area contributed by atoms with Gasteiger partial charge in [0.15, 0.2) is 11.5 Å². The normalized spacial score (nSPS) is 10.3. The summed E-state index contributed by atoms with van der Waals surface area (Å²) in [6.07, 6.45) is 0. The van der Waals surface area contributed by atoms with E-state index < -0.39 is 0 Å². The van der Waals surface area contributed by atoms with Crippen LogP contribution in [0.4, 0.5) is 0 Å². The van der Waals surface area contributed by atoms with Gasteiger partial charge in [0.2, 0.25) is 0 Å². The minimum Gasteiger partial charge on any atom is -0.496 e. The number of rotatable bonds is 6. The maximum Gasteiger partial charge on any atom is 0.255 e. The summed E-state index contributed by atoms with van der Waals surface area (Å²) in [6, 6.07) is 4.98. The third-order valence-electron chi connectivity index (χ3n) is 3.87. The molecule has 1 aromatic carbocycles. The van der Waals surface area contributed by atoms with Crippen molar-refractivity contribution in [2.75, 3.05) is 21.3 Å². The van der Waals surface area contributed by atoms with Gasteiger partial charge >= 0.3 is 0 Å². The van der Waals surface area contributed by atoms with Crippen molar-refractivity contribution < 1.29 is 19.0 Å². The second kappa shape index (κ2) is 7.74. The Kier molecular flexibility index (Phi) is 5.69. The number of hydrogen-bond acceptors (Lipinski definition) is 5. The summed E-state index contributed by atoms with van der Waals surface area (Å²) in [7, 11) is 4.46. The molecule has 0 aliphatic heterocycles. The minimum absolute atomic E-state index is 0.109. The standard InChI is InChI=1S/C18H22N2O5/c1-10-6-11(2)20-18(22)13(10)9-19-17(21)12-7-15(24-4)16(25-5)8-14(12)23-3/h6-8H,9H2,1-5H3,(H,19,21)(H,20,22). The number of nitrogens with one attached hydrogen (secondary N) is 2. The highest BCUT2D eigenvalue weighted by Gasteiger charge is 2.18. The van der Waals surface area contributed by atoms with Crippen LogP contribution in [0, 0.1) is 13.8 Å². The van der Waals surface area contributed by atoms with E-state index in [1.165, 1.54) is 21.3 Å². The number of amides is 1. The molecule has 0 saturated heterocycles. The average molecular weight is 346 g/mol. The largest absolute Gasteiger partial charge is 0.496 e. The van der Waals surface area contributed by atoms with Gasteiger partial charge in [-0.15, -0.1) is 0 Å². The van der Waals surface area contributed by atoms with Crippen LogP contribution >= 0.6 is 0 Å². The molecule has 134 valence electrons. The first-order valence-corrected chi connectivity index (χ1v) is 7.68. The lowest BCUT2D eigenvalue weighted by Gasteiger charge is -2.14. The second-order valence-corrected chi connectivity index (χ2v) is 5.53. The van der Waals surface area contributed by atoms with Gasteiger partial charge in [-0.25, -0.2) is 0 Å². The molecular weight excluding hydrogens is 324 g/mol. The molecule has 1 amide bonds. The summed E-state index contributed by atoms with van der Waals surface area (Å²) in [5, 5.41) is 2.74. The zero-order valence-corrected chi connectivity index (χ0v) is 15.0. The smallest absolute Gasteiger partial charge is 0.255 e. The molecule has 0 aliphatic rings. The summed E-state index contributed by atoms with van der Waals surface area (Å²) in [6.45, 7) is 3.75. The quantitative estimate of drug-likeness (QED) is 0.834. The zero-order chi connectivity index (χ0) is 18.6. The number of carbonyl (C=O) groups is 1. The van der Waals surface area contributed by atoms with E-state index in [9.17, 15) is 9.59 Å². The van der Waals surface area contributed by atoms with Crippen molar-refractivity contribution in [3.8, 4) is 17.2 Å². The van der Waals surface area contributed by atoms with Crippen molar-refractivity contribution in [2.24, 2.45) is 0 Å². The fourth-order valence-corrected chi connectivity index (χ4v) is 2.57. The third-order valence-corrected chi connectivity index (χ3v) is 3.87. The van der Waals surface area contributed by atoms with Crippen LogP contribution in [-0.2, 0) is 6.54 Å². The highest BCUT2D eigenvalue weighted by molar-refractivity contribution is 5.97. The van der Waals surface area contributed by atoms with Crippen LogP contribution in [0.5, 0.6) is 17.2 Å². The summed E-state index contributed by atoms with van der Waals surface area (Å²) in [4.78, 5) is 27.3. The Bertz CT molecular complexity index is 842. The molecule has 0 bridgehead atoms. The number of benzene rings is 1. The Morgan fingerprint density at radius 2 is 1.60 bits per heavy atom. The highest BCUT2D eigenvalue weighted by Crippen LogP contribution is 2.34. The van der Waals surface area contributed by atoms with Crippen LogP contribution < -0.4 is 25.1 Å². The number of carbonyl (C=O) groups excluding carboxylic acids is 1. The molecule has 0 unspecified atom stereocenters. The van der Waals surface area contributed by atoms with E-state index in [1.807, 2.05) is 19.9 Å². The van der Waals surface area contributed by atoms with Gasteiger partial charge in [-0.2, -0.15) is 0 Å². The average Bonchev–Trinajstić information content (AvgIpc) is 2.59. The van der Waals surface area contributed by atoms with E-state index in [2.05, 4.69) is 10.3 Å². The van der Waals surface area contributed by atoms with Crippen molar-refractivity contribution in [3.05, 3.63) is 50.9 Å². The van der Waals surface area contributed by atoms with Gasteiger partial charge in [-0.3, -0.25) is 9.59 Å². The monoisotopic (exact) mass is 346 g/mol. The summed E-state index contributed by atoms with van der Waals surface area (Å²) >= 11 is 0. The SMILES string of the molecule is COc1cc(OC)c(C(=O)NCc2c(C)cc(C)[nH]c2=O)cc1OC. The van der Waals surface area contributed by atoms with Gasteiger partial charge in [0.1, 0.15) is 5.75 Å². The minimum atomic E-state index is -0.378. The fraction of sp³-hybridized carbons (Fsp3) is 0.333. The number of aromatic nitrogens is 1. The maximum absolute atomic E-state index is 12.6. The molecule has 0 atom stereocenters. The molecule has 1 heterocycles. The molecule has 2 aromatic rings.